The van der Waals surface area contributed by atoms with E-state index in [4.69, 9.17) is 9.84 Å². The third kappa shape index (κ3) is 1.98. The number of aliphatic hydroxyl groups excluding tert-OH is 2. The molecule has 0 amide bonds. The number of nitriles is 1. The highest BCUT2D eigenvalue weighted by atomic mass is 16.5. The van der Waals surface area contributed by atoms with Crippen LogP contribution in [0.4, 0.5) is 0 Å². The number of hydrogen-bond acceptors (Lipinski definition) is 6. The Morgan fingerprint density at radius 3 is 2.84 bits per heavy atom. The lowest BCUT2D eigenvalue weighted by atomic mass is 9.84. The summed E-state index contributed by atoms with van der Waals surface area (Å²) in [7, 11) is 0. The van der Waals surface area contributed by atoms with Crippen LogP contribution in [0.15, 0.2) is 21.9 Å². The summed E-state index contributed by atoms with van der Waals surface area (Å²) in [5.41, 5.74) is -2.72. The van der Waals surface area contributed by atoms with Crippen molar-refractivity contribution in [3.8, 4) is 6.07 Å². The highest BCUT2D eigenvalue weighted by Crippen LogP contribution is 2.43. The van der Waals surface area contributed by atoms with Crippen molar-refractivity contribution < 1.29 is 14.9 Å². The molecular formula is C11H13N3O5. The van der Waals surface area contributed by atoms with Crippen LogP contribution in [0.2, 0.25) is 0 Å². The SMILES string of the molecule is C[C@@]1(C#N)C(O)[C@@H](CO)O[C@H]1n1ccc(=O)[nH]c1=O. The number of rotatable bonds is 2. The van der Waals surface area contributed by atoms with E-state index in [1.807, 2.05) is 11.1 Å². The zero-order valence-corrected chi connectivity index (χ0v) is 10.1. The van der Waals surface area contributed by atoms with Gasteiger partial charge in [-0.25, -0.2) is 4.79 Å². The van der Waals surface area contributed by atoms with E-state index in [2.05, 4.69) is 0 Å². The highest BCUT2D eigenvalue weighted by molar-refractivity contribution is 5.11. The molecule has 1 aliphatic rings. The standard InChI is InChI=1S/C11H13N3O5/c1-11(5-12)8(17)6(4-15)19-9(11)14-3-2-7(16)13-10(14)18/h2-3,6,8-9,15,17H,4H2,1H3,(H,13,16,18)/t6-,8?,9-,11-/m1/s1. The Bertz CT molecular complexity index is 630. The maximum Gasteiger partial charge on any atom is 0.330 e. The first kappa shape index (κ1) is 13.5. The fraction of sp³-hybridized carbons (Fsp3) is 0.545. The van der Waals surface area contributed by atoms with Gasteiger partial charge in [0.15, 0.2) is 6.23 Å². The van der Waals surface area contributed by atoms with Crippen molar-refractivity contribution in [1.29, 1.82) is 5.26 Å². The van der Waals surface area contributed by atoms with E-state index < -0.39 is 41.7 Å². The Balaban J connectivity index is 2.52. The minimum Gasteiger partial charge on any atom is -0.394 e. The molecule has 0 saturated carbocycles. The molecule has 0 spiro atoms. The molecule has 19 heavy (non-hydrogen) atoms. The molecule has 1 fully saturated rings. The molecule has 1 aromatic heterocycles. The van der Waals surface area contributed by atoms with Gasteiger partial charge in [0, 0.05) is 12.3 Å². The number of aromatic nitrogens is 2. The number of ether oxygens (including phenoxy) is 1. The van der Waals surface area contributed by atoms with Crippen molar-refractivity contribution in [3.63, 3.8) is 0 Å². The van der Waals surface area contributed by atoms with Crippen molar-refractivity contribution in [3.05, 3.63) is 33.1 Å². The molecule has 2 heterocycles. The second-order valence-corrected chi connectivity index (χ2v) is 4.57. The van der Waals surface area contributed by atoms with Crippen LogP contribution < -0.4 is 11.2 Å². The molecule has 0 bridgehead atoms. The van der Waals surface area contributed by atoms with Crippen molar-refractivity contribution in [2.24, 2.45) is 5.41 Å². The lowest BCUT2D eigenvalue weighted by Gasteiger charge is -2.25. The number of H-pyrrole nitrogens is 1. The van der Waals surface area contributed by atoms with Crippen LogP contribution in [0.3, 0.4) is 0 Å². The average Bonchev–Trinajstić information content (AvgIpc) is 2.63. The molecule has 1 saturated heterocycles. The van der Waals surface area contributed by atoms with Crippen LogP contribution in [-0.2, 0) is 4.74 Å². The first-order chi connectivity index (χ1) is 8.93. The molecule has 1 unspecified atom stereocenters. The summed E-state index contributed by atoms with van der Waals surface area (Å²) < 4.78 is 6.37. The average molecular weight is 267 g/mol. The number of nitrogens with zero attached hydrogens (tertiary/aromatic N) is 2. The van der Waals surface area contributed by atoms with Gasteiger partial charge in [0.05, 0.1) is 12.7 Å². The summed E-state index contributed by atoms with van der Waals surface area (Å²) in [5, 5.41) is 28.3. The molecule has 3 N–H and O–H groups in total. The zero-order chi connectivity index (χ0) is 14.2. The normalized spacial score (nSPS) is 34.1. The van der Waals surface area contributed by atoms with Gasteiger partial charge in [0.25, 0.3) is 5.56 Å². The van der Waals surface area contributed by atoms with Gasteiger partial charge < -0.3 is 14.9 Å². The summed E-state index contributed by atoms with van der Waals surface area (Å²) in [4.78, 5) is 24.8. The second-order valence-electron chi connectivity index (χ2n) is 4.57. The molecule has 0 aromatic carbocycles. The largest absolute Gasteiger partial charge is 0.394 e. The van der Waals surface area contributed by atoms with Gasteiger partial charge in [0.1, 0.15) is 17.6 Å². The number of nitrogens with one attached hydrogen (secondary N) is 1. The molecule has 0 aliphatic carbocycles. The van der Waals surface area contributed by atoms with Gasteiger partial charge in [-0.3, -0.25) is 14.3 Å². The number of aromatic amines is 1. The van der Waals surface area contributed by atoms with Crippen molar-refractivity contribution in [2.45, 2.75) is 25.4 Å². The lowest BCUT2D eigenvalue weighted by Crippen LogP contribution is -2.40. The summed E-state index contributed by atoms with van der Waals surface area (Å²) in [6.07, 6.45) is -2.11. The molecule has 8 heteroatoms. The Hall–Kier alpha value is -1.95. The van der Waals surface area contributed by atoms with Gasteiger partial charge in [-0.2, -0.15) is 5.26 Å². The molecular weight excluding hydrogens is 254 g/mol. The Morgan fingerprint density at radius 2 is 2.32 bits per heavy atom. The molecule has 4 atom stereocenters. The van der Waals surface area contributed by atoms with E-state index in [1.54, 1.807) is 0 Å². The predicted molar refractivity (Wildman–Crippen MR) is 62.0 cm³/mol. The topological polar surface area (TPSA) is 128 Å². The van der Waals surface area contributed by atoms with Crippen LogP contribution >= 0.6 is 0 Å². The van der Waals surface area contributed by atoms with Gasteiger partial charge in [-0.1, -0.05) is 0 Å². The fourth-order valence-electron chi connectivity index (χ4n) is 2.14. The van der Waals surface area contributed by atoms with E-state index in [-0.39, 0.29) is 0 Å². The maximum atomic E-state index is 11.7. The van der Waals surface area contributed by atoms with E-state index in [1.165, 1.54) is 13.1 Å². The predicted octanol–water partition coefficient (Wildman–Crippen LogP) is -1.68. The van der Waals surface area contributed by atoms with Gasteiger partial charge >= 0.3 is 5.69 Å². The minimum absolute atomic E-state index is 0.479. The van der Waals surface area contributed by atoms with E-state index in [0.717, 1.165) is 10.6 Å². The quantitative estimate of drug-likeness (QED) is 0.587. The van der Waals surface area contributed by atoms with Crippen molar-refractivity contribution in [1.82, 2.24) is 9.55 Å². The van der Waals surface area contributed by atoms with E-state index in [0.29, 0.717) is 0 Å². The second kappa shape index (κ2) is 4.62. The Labute approximate surface area is 107 Å². The number of hydrogen-bond donors (Lipinski definition) is 3. The van der Waals surface area contributed by atoms with E-state index >= 15 is 0 Å². The van der Waals surface area contributed by atoms with Crippen LogP contribution in [0, 0.1) is 16.7 Å². The molecule has 2 rings (SSSR count). The summed E-state index contributed by atoms with van der Waals surface area (Å²) in [6.45, 7) is 0.947. The van der Waals surface area contributed by atoms with Crippen molar-refractivity contribution >= 4 is 0 Å². The Kier molecular flexibility index (Phi) is 3.28. The summed E-state index contributed by atoms with van der Waals surface area (Å²) >= 11 is 0. The molecule has 1 aliphatic heterocycles. The summed E-state index contributed by atoms with van der Waals surface area (Å²) in [5.74, 6) is 0. The van der Waals surface area contributed by atoms with Crippen LogP contribution in [0.5, 0.6) is 0 Å². The van der Waals surface area contributed by atoms with Gasteiger partial charge in [-0.15, -0.1) is 0 Å². The van der Waals surface area contributed by atoms with Crippen molar-refractivity contribution in [2.75, 3.05) is 6.61 Å². The summed E-state index contributed by atoms with van der Waals surface area (Å²) in [6, 6.07) is 3.02. The van der Waals surface area contributed by atoms with E-state index in [9.17, 15) is 20.0 Å². The smallest absolute Gasteiger partial charge is 0.330 e. The zero-order valence-electron chi connectivity index (χ0n) is 10.1. The van der Waals surface area contributed by atoms with Crippen LogP contribution in [-0.4, -0.2) is 38.6 Å². The van der Waals surface area contributed by atoms with Gasteiger partial charge in [0.2, 0.25) is 0 Å². The first-order valence-electron chi connectivity index (χ1n) is 5.61. The third-order valence-corrected chi connectivity index (χ3v) is 3.31. The first-order valence-corrected chi connectivity index (χ1v) is 5.61. The monoisotopic (exact) mass is 267 g/mol. The molecule has 102 valence electrons. The molecule has 0 radical (unpaired) electrons. The number of aliphatic hydroxyl groups is 2. The molecule has 8 nitrogen and oxygen atoms in total. The Morgan fingerprint density at radius 1 is 1.63 bits per heavy atom. The van der Waals surface area contributed by atoms with Crippen LogP contribution in [0.1, 0.15) is 13.2 Å². The fourth-order valence-corrected chi connectivity index (χ4v) is 2.14. The van der Waals surface area contributed by atoms with Gasteiger partial charge in [-0.05, 0) is 6.92 Å². The third-order valence-electron chi connectivity index (χ3n) is 3.31. The molecule has 1 aromatic rings. The maximum absolute atomic E-state index is 11.7. The highest BCUT2D eigenvalue weighted by Gasteiger charge is 2.54. The van der Waals surface area contributed by atoms with Crippen LogP contribution in [0.25, 0.3) is 0 Å². The lowest BCUT2D eigenvalue weighted by molar-refractivity contribution is -0.0503. The minimum atomic E-state index is -1.41.